The summed E-state index contributed by atoms with van der Waals surface area (Å²) in [5, 5.41) is 18.5. The Morgan fingerprint density at radius 1 is 1.12 bits per heavy atom. The van der Waals surface area contributed by atoms with Gasteiger partial charge in [0.25, 0.3) is 0 Å². The van der Waals surface area contributed by atoms with Crippen LogP contribution in [0.25, 0.3) is 11.4 Å². The Morgan fingerprint density at radius 2 is 1.96 bits per heavy atom. The Labute approximate surface area is 151 Å². The van der Waals surface area contributed by atoms with Crippen molar-refractivity contribution < 1.29 is 14.6 Å². The van der Waals surface area contributed by atoms with Gasteiger partial charge < -0.3 is 14.6 Å². The lowest BCUT2D eigenvalue weighted by atomic mass is 10.1. The minimum atomic E-state index is -0.650. The molecule has 26 heavy (non-hydrogen) atoms. The zero-order chi connectivity index (χ0) is 17.8. The van der Waals surface area contributed by atoms with Crippen LogP contribution in [0.4, 0.5) is 0 Å². The highest BCUT2D eigenvalue weighted by atomic mass is 16.6. The summed E-state index contributed by atoms with van der Waals surface area (Å²) >= 11 is 0. The zero-order valence-corrected chi connectivity index (χ0v) is 14.2. The van der Waals surface area contributed by atoms with Crippen LogP contribution in [0.5, 0.6) is 0 Å². The van der Waals surface area contributed by atoms with E-state index >= 15 is 0 Å². The first-order chi connectivity index (χ1) is 12.8. The minimum absolute atomic E-state index is 0.256. The Hall–Kier alpha value is -2.61. The maximum absolute atomic E-state index is 10.2. The van der Waals surface area contributed by atoms with Crippen molar-refractivity contribution in [3.8, 4) is 11.4 Å². The normalized spacial score (nSPS) is 22.6. The molecule has 1 fully saturated rings. The number of rotatable bonds is 6. The summed E-state index contributed by atoms with van der Waals surface area (Å²) in [6.45, 7) is 1.14. The zero-order valence-electron chi connectivity index (χ0n) is 14.2. The first-order valence-electron chi connectivity index (χ1n) is 8.56. The third-order valence-corrected chi connectivity index (χ3v) is 4.34. The minimum Gasteiger partial charge on any atom is -0.388 e. The molecule has 4 rings (SSSR count). The number of aliphatic hydroxyl groups is 1. The van der Waals surface area contributed by atoms with Gasteiger partial charge >= 0.3 is 0 Å². The van der Waals surface area contributed by atoms with Gasteiger partial charge in [0.2, 0.25) is 0 Å². The average Bonchev–Trinajstić information content (AvgIpc) is 3.29. The van der Waals surface area contributed by atoms with E-state index < -0.39 is 12.2 Å². The van der Waals surface area contributed by atoms with Crippen molar-refractivity contribution in [1.29, 1.82) is 0 Å². The number of nitrogens with zero attached hydrogens (tertiary/aromatic N) is 4. The van der Waals surface area contributed by atoms with Crippen LogP contribution in [0.2, 0.25) is 0 Å². The quantitative estimate of drug-likeness (QED) is 0.727. The smallest absolute Gasteiger partial charge is 0.131 e. The second kappa shape index (κ2) is 7.74. The standard InChI is InChI=1S/C19H20N4O3/c24-17-13-25-18(19(17)26-12-14-6-2-1-3-7-14)11-23-10-16(21-22-23)15-8-4-5-9-20-15/h1-10,17-19,24H,11-13H2/t17-,18+,19-/m0/s1. The molecular formula is C19H20N4O3. The summed E-state index contributed by atoms with van der Waals surface area (Å²) in [6.07, 6.45) is 2.20. The van der Waals surface area contributed by atoms with Crippen molar-refractivity contribution >= 4 is 0 Å². The number of hydrogen-bond donors (Lipinski definition) is 1. The van der Waals surface area contributed by atoms with Crippen LogP contribution >= 0.6 is 0 Å². The van der Waals surface area contributed by atoms with Gasteiger partial charge in [-0.2, -0.15) is 0 Å². The van der Waals surface area contributed by atoms with Gasteiger partial charge in [0.15, 0.2) is 0 Å². The van der Waals surface area contributed by atoms with Gasteiger partial charge in [-0.25, -0.2) is 4.68 Å². The molecular weight excluding hydrogens is 332 g/mol. The Balaban J connectivity index is 1.41. The van der Waals surface area contributed by atoms with Crippen LogP contribution < -0.4 is 0 Å². The van der Waals surface area contributed by atoms with Crippen LogP contribution in [0, 0.1) is 0 Å². The highest BCUT2D eigenvalue weighted by Crippen LogP contribution is 2.21. The Bertz CT molecular complexity index is 825. The molecule has 7 heteroatoms. The molecule has 134 valence electrons. The highest BCUT2D eigenvalue weighted by molar-refractivity contribution is 5.51. The maximum atomic E-state index is 10.2. The number of pyridine rings is 1. The molecule has 0 amide bonds. The second-order valence-electron chi connectivity index (χ2n) is 6.24. The molecule has 3 heterocycles. The van der Waals surface area contributed by atoms with E-state index in [1.165, 1.54) is 0 Å². The van der Waals surface area contributed by atoms with E-state index in [2.05, 4.69) is 15.3 Å². The van der Waals surface area contributed by atoms with E-state index in [1.807, 2.05) is 54.7 Å². The third-order valence-electron chi connectivity index (χ3n) is 4.34. The summed E-state index contributed by atoms with van der Waals surface area (Å²) in [7, 11) is 0. The fourth-order valence-electron chi connectivity index (χ4n) is 3.00. The molecule has 0 bridgehead atoms. The average molecular weight is 352 g/mol. The molecule has 1 saturated heterocycles. The van der Waals surface area contributed by atoms with Gasteiger partial charge in [-0.3, -0.25) is 4.98 Å². The van der Waals surface area contributed by atoms with Crippen molar-refractivity contribution in [3.63, 3.8) is 0 Å². The lowest BCUT2D eigenvalue weighted by Crippen LogP contribution is -2.35. The van der Waals surface area contributed by atoms with E-state index in [0.717, 1.165) is 11.3 Å². The second-order valence-corrected chi connectivity index (χ2v) is 6.24. The maximum Gasteiger partial charge on any atom is 0.131 e. The van der Waals surface area contributed by atoms with Gasteiger partial charge in [0.05, 0.1) is 31.6 Å². The van der Waals surface area contributed by atoms with Crippen molar-refractivity contribution in [2.75, 3.05) is 6.61 Å². The largest absolute Gasteiger partial charge is 0.388 e. The van der Waals surface area contributed by atoms with Gasteiger partial charge in [0.1, 0.15) is 24.0 Å². The molecule has 0 radical (unpaired) electrons. The molecule has 0 spiro atoms. The number of aromatic nitrogens is 4. The molecule has 2 aromatic heterocycles. The molecule has 3 aromatic rings. The lowest BCUT2D eigenvalue weighted by Gasteiger charge is -2.20. The van der Waals surface area contributed by atoms with Gasteiger partial charge in [0, 0.05) is 6.20 Å². The molecule has 3 atom stereocenters. The Kier molecular flexibility index (Phi) is 5.01. The third kappa shape index (κ3) is 3.80. The summed E-state index contributed by atoms with van der Waals surface area (Å²) < 4.78 is 13.3. The Morgan fingerprint density at radius 3 is 2.77 bits per heavy atom. The van der Waals surface area contributed by atoms with Crippen molar-refractivity contribution in [2.45, 2.75) is 31.5 Å². The molecule has 1 aliphatic heterocycles. The van der Waals surface area contributed by atoms with Crippen molar-refractivity contribution in [3.05, 3.63) is 66.5 Å². The van der Waals surface area contributed by atoms with Crippen molar-refractivity contribution in [1.82, 2.24) is 20.0 Å². The highest BCUT2D eigenvalue weighted by Gasteiger charge is 2.37. The topological polar surface area (TPSA) is 82.3 Å². The first kappa shape index (κ1) is 16.8. The number of hydrogen-bond acceptors (Lipinski definition) is 6. The van der Waals surface area contributed by atoms with E-state index in [1.54, 1.807) is 10.9 Å². The van der Waals surface area contributed by atoms with Crippen LogP contribution in [0.1, 0.15) is 5.56 Å². The summed E-state index contributed by atoms with van der Waals surface area (Å²) in [4.78, 5) is 4.27. The predicted octanol–water partition coefficient (Wildman–Crippen LogP) is 1.69. The van der Waals surface area contributed by atoms with Crippen molar-refractivity contribution in [2.24, 2.45) is 0 Å². The molecule has 1 aliphatic rings. The number of aliphatic hydroxyl groups excluding tert-OH is 1. The summed E-state index contributed by atoms with van der Waals surface area (Å²) in [5.41, 5.74) is 2.53. The fraction of sp³-hybridized carbons (Fsp3) is 0.316. The van der Waals surface area contributed by atoms with Crippen LogP contribution in [-0.4, -0.2) is 50.0 Å². The van der Waals surface area contributed by atoms with Gasteiger partial charge in [-0.05, 0) is 17.7 Å². The fourth-order valence-corrected chi connectivity index (χ4v) is 3.00. The molecule has 7 nitrogen and oxygen atoms in total. The lowest BCUT2D eigenvalue weighted by molar-refractivity contribution is -0.0513. The van der Waals surface area contributed by atoms with Crippen LogP contribution in [0.3, 0.4) is 0 Å². The van der Waals surface area contributed by atoms with Gasteiger partial charge in [-0.15, -0.1) is 5.10 Å². The SMILES string of the molecule is O[C@H]1CO[C@H](Cn2cc(-c3ccccn3)nn2)[C@H]1OCc1ccccc1. The summed E-state index contributed by atoms with van der Waals surface area (Å²) in [5.74, 6) is 0. The van der Waals surface area contributed by atoms with Crippen LogP contribution in [0.15, 0.2) is 60.9 Å². The van der Waals surface area contributed by atoms with E-state index in [9.17, 15) is 5.11 Å². The van der Waals surface area contributed by atoms with E-state index in [-0.39, 0.29) is 12.7 Å². The predicted molar refractivity (Wildman–Crippen MR) is 94.0 cm³/mol. The molecule has 0 unspecified atom stereocenters. The molecule has 0 saturated carbocycles. The number of benzene rings is 1. The van der Waals surface area contributed by atoms with E-state index in [0.29, 0.717) is 18.8 Å². The molecule has 1 aromatic carbocycles. The molecule has 1 N–H and O–H groups in total. The van der Waals surface area contributed by atoms with Gasteiger partial charge in [-0.1, -0.05) is 41.6 Å². The molecule has 0 aliphatic carbocycles. The van der Waals surface area contributed by atoms with Crippen LogP contribution in [-0.2, 0) is 22.6 Å². The first-order valence-corrected chi connectivity index (χ1v) is 8.56. The monoisotopic (exact) mass is 352 g/mol. The summed E-state index contributed by atoms with van der Waals surface area (Å²) in [6, 6.07) is 15.5. The van der Waals surface area contributed by atoms with E-state index in [4.69, 9.17) is 9.47 Å². The number of ether oxygens (including phenoxy) is 2.